The van der Waals surface area contributed by atoms with Crippen molar-refractivity contribution in [1.29, 1.82) is 0 Å². The fourth-order valence-corrected chi connectivity index (χ4v) is 3.29. The van der Waals surface area contributed by atoms with Gasteiger partial charge in [-0.05, 0) is 36.6 Å². The molecule has 1 aromatic carbocycles. The van der Waals surface area contributed by atoms with Crippen LogP contribution < -0.4 is 4.72 Å². The number of hydrogen-bond donors (Lipinski definition) is 2. The fraction of sp³-hybridized carbons (Fsp3) is 0.417. The molecule has 0 amide bonds. The van der Waals surface area contributed by atoms with E-state index in [1.807, 2.05) is 0 Å². The molecule has 2 N–H and O–H groups in total. The molecule has 1 unspecified atom stereocenters. The van der Waals surface area contributed by atoms with Crippen LogP contribution >= 0.6 is 11.6 Å². The van der Waals surface area contributed by atoms with Crippen molar-refractivity contribution < 1.29 is 18.3 Å². The lowest BCUT2D eigenvalue weighted by Crippen LogP contribution is -2.22. The molecule has 0 radical (unpaired) electrons. The number of aromatic carboxylic acids is 1. The Labute approximate surface area is 117 Å². The number of benzene rings is 1. The highest BCUT2D eigenvalue weighted by Gasteiger charge is 2.16. The largest absolute Gasteiger partial charge is 0.478 e. The molecule has 0 saturated heterocycles. The van der Waals surface area contributed by atoms with Crippen LogP contribution in [0.15, 0.2) is 18.2 Å². The van der Waals surface area contributed by atoms with Crippen LogP contribution in [0.1, 0.15) is 22.8 Å². The van der Waals surface area contributed by atoms with Crippen LogP contribution in [-0.4, -0.2) is 31.1 Å². The normalized spacial score (nSPS) is 13.0. The van der Waals surface area contributed by atoms with Crippen molar-refractivity contribution >= 4 is 33.3 Å². The summed E-state index contributed by atoms with van der Waals surface area (Å²) in [5.41, 5.74) is 1.06. The predicted molar refractivity (Wildman–Crippen MR) is 75.4 cm³/mol. The number of sulfonamides is 1. The van der Waals surface area contributed by atoms with Crippen molar-refractivity contribution in [3.05, 3.63) is 29.3 Å². The molecular formula is C12H16ClNO4S. The van der Waals surface area contributed by atoms with E-state index in [0.717, 1.165) is 0 Å². The summed E-state index contributed by atoms with van der Waals surface area (Å²) >= 11 is 5.59. The number of carboxylic acid groups (broad SMARTS) is 1. The van der Waals surface area contributed by atoms with E-state index in [4.69, 9.17) is 16.7 Å². The molecule has 0 bridgehead atoms. The smallest absolute Gasteiger partial charge is 0.335 e. The first-order chi connectivity index (χ1) is 8.75. The number of alkyl halides is 1. The lowest BCUT2D eigenvalue weighted by atomic mass is 10.1. The fourth-order valence-electron chi connectivity index (χ4n) is 1.54. The molecule has 1 aromatic rings. The Hall–Kier alpha value is -1.27. The number of anilines is 1. The van der Waals surface area contributed by atoms with Gasteiger partial charge in [-0.3, -0.25) is 4.72 Å². The first kappa shape index (κ1) is 15.8. The molecule has 0 aliphatic heterocycles. The predicted octanol–water partition coefficient (Wildman–Crippen LogP) is 2.31. The maximum atomic E-state index is 11.9. The molecule has 0 spiro atoms. The molecule has 0 heterocycles. The number of nitrogens with one attached hydrogen (secondary N) is 1. The van der Waals surface area contributed by atoms with Crippen molar-refractivity contribution in [2.24, 2.45) is 5.92 Å². The maximum absolute atomic E-state index is 11.9. The Morgan fingerprint density at radius 3 is 2.58 bits per heavy atom. The second-order valence-corrected chi connectivity index (χ2v) is 6.55. The van der Waals surface area contributed by atoms with E-state index in [2.05, 4.69) is 4.72 Å². The summed E-state index contributed by atoms with van der Waals surface area (Å²) in [5, 5.41) is 8.83. The number of rotatable bonds is 6. The zero-order valence-corrected chi connectivity index (χ0v) is 12.3. The van der Waals surface area contributed by atoms with Crippen LogP contribution in [0.5, 0.6) is 0 Å². The summed E-state index contributed by atoms with van der Waals surface area (Å²) in [4.78, 5) is 10.8. The Bertz CT molecular complexity index is 571. The van der Waals surface area contributed by atoms with Gasteiger partial charge < -0.3 is 5.11 Å². The van der Waals surface area contributed by atoms with Gasteiger partial charge in [0.25, 0.3) is 0 Å². The average molecular weight is 306 g/mol. The van der Waals surface area contributed by atoms with Gasteiger partial charge in [0.15, 0.2) is 0 Å². The molecule has 0 aliphatic carbocycles. The highest BCUT2D eigenvalue weighted by atomic mass is 35.5. The molecule has 1 rings (SSSR count). The van der Waals surface area contributed by atoms with Gasteiger partial charge in [0.1, 0.15) is 0 Å². The summed E-state index contributed by atoms with van der Waals surface area (Å²) in [6.45, 7) is 3.39. The quantitative estimate of drug-likeness (QED) is 0.790. The highest BCUT2D eigenvalue weighted by Crippen LogP contribution is 2.19. The van der Waals surface area contributed by atoms with Gasteiger partial charge in [0, 0.05) is 5.88 Å². The minimum absolute atomic E-state index is 0.0728. The van der Waals surface area contributed by atoms with Gasteiger partial charge in [0.05, 0.1) is 17.0 Å². The molecule has 0 aliphatic rings. The molecule has 106 valence electrons. The van der Waals surface area contributed by atoms with E-state index in [0.29, 0.717) is 11.3 Å². The maximum Gasteiger partial charge on any atom is 0.335 e. The highest BCUT2D eigenvalue weighted by molar-refractivity contribution is 7.92. The van der Waals surface area contributed by atoms with Crippen molar-refractivity contribution in [3.8, 4) is 0 Å². The van der Waals surface area contributed by atoms with Crippen LogP contribution in [0, 0.1) is 12.8 Å². The van der Waals surface area contributed by atoms with Crippen molar-refractivity contribution in [1.82, 2.24) is 0 Å². The van der Waals surface area contributed by atoms with E-state index >= 15 is 0 Å². The third-order valence-electron chi connectivity index (χ3n) is 2.51. The van der Waals surface area contributed by atoms with Crippen molar-refractivity contribution in [2.45, 2.75) is 13.8 Å². The monoisotopic (exact) mass is 305 g/mol. The second-order valence-electron chi connectivity index (χ2n) is 4.48. The Morgan fingerprint density at radius 1 is 1.47 bits per heavy atom. The summed E-state index contributed by atoms with van der Waals surface area (Å²) in [6.07, 6.45) is 0. The van der Waals surface area contributed by atoms with E-state index < -0.39 is 16.0 Å². The Morgan fingerprint density at radius 2 is 2.11 bits per heavy atom. The van der Waals surface area contributed by atoms with E-state index in [1.165, 1.54) is 18.2 Å². The molecule has 7 heteroatoms. The summed E-state index contributed by atoms with van der Waals surface area (Å²) in [5.74, 6) is -1.01. The molecule has 0 fully saturated rings. The number of hydrogen-bond acceptors (Lipinski definition) is 3. The standard InChI is InChI=1S/C12H16ClNO4S/c1-8(6-13)7-19(17,18)14-11-4-3-10(12(15)16)5-9(11)2/h3-5,8,14H,6-7H2,1-2H3,(H,15,16). The van der Waals surface area contributed by atoms with Gasteiger partial charge in [-0.25, -0.2) is 13.2 Å². The zero-order chi connectivity index (χ0) is 14.6. The topological polar surface area (TPSA) is 83.5 Å². The number of aryl methyl sites for hydroxylation is 1. The molecule has 1 atom stereocenters. The lowest BCUT2D eigenvalue weighted by molar-refractivity contribution is 0.0697. The minimum Gasteiger partial charge on any atom is -0.478 e. The van der Waals surface area contributed by atoms with Gasteiger partial charge in [-0.1, -0.05) is 6.92 Å². The number of carboxylic acids is 1. The van der Waals surface area contributed by atoms with Gasteiger partial charge >= 0.3 is 5.97 Å². The SMILES string of the molecule is Cc1cc(C(=O)O)ccc1NS(=O)(=O)CC(C)CCl. The molecule has 0 saturated carbocycles. The van der Waals surface area contributed by atoms with E-state index in [1.54, 1.807) is 13.8 Å². The van der Waals surface area contributed by atoms with E-state index in [9.17, 15) is 13.2 Å². The summed E-state index contributed by atoms with van der Waals surface area (Å²) in [7, 11) is -3.48. The number of carbonyl (C=O) groups is 1. The van der Waals surface area contributed by atoms with Crippen molar-refractivity contribution in [2.75, 3.05) is 16.4 Å². The minimum atomic E-state index is -3.48. The lowest BCUT2D eigenvalue weighted by Gasteiger charge is -2.13. The third-order valence-corrected chi connectivity index (χ3v) is 4.57. The first-order valence-corrected chi connectivity index (χ1v) is 7.84. The second kappa shape index (κ2) is 6.25. The summed E-state index contributed by atoms with van der Waals surface area (Å²) in [6, 6.07) is 4.23. The van der Waals surface area contributed by atoms with Gasteiger partial charge in [-0.2, -0.15) is 0 Å². The Kier molecular flexibility index (Phi) is 5.20. The van der Waals surface area contributed by atoms with Crippen molar-refractivity contribution in [3.63, 3.8) is 0 Å². The van der Waals surface area contributed by atoms with Crippen LogP contribution in [0.25, 0.3) is 0 Å². The van der Waals surface area contributed by atoms with Crippen LogP contribution in [0.3, 0.4) is 0 Å². The third kappa shape index (κ3) is 4.72. The van der Waals surface area contributed by atoms with Gasteiger partial charge in [0.2, 0.25) is 10.0 Å². The van der Waals surface area contributed by atoms with Crippen LogP contribution in [0.4, 0.5) is 5.69 Å². The molecular weight excluding hydrogens is 290 g/mol. The van der Waals surface area contributed by atoms with Crippen LogP contribution in [-0.2, 0) is 10.0 Å². The number of halogens is 1. The first-order valence-electron chi connectivity index (χ1n) is 5.65. The molecule has 0 aromatic heterocycles. The van der Waals surface area contributed by atoms with Crippen LogP contribution in [0.2, 0.25) is 0 Å². The summed E-state index contributed by atoms with van der Waals surface area (Å²) < 4.78 is 26.1. The Balaban J connectivity index is 2.91. The molecule has 19 heavy (non-hydrogen) atoms. The average Bonchev–Trinajstić information content (AvgIpc) is 2.30. The molecule has 5 nitrogen and oxygen atoms in total. The van der Waals surface area contributed by atoms with E-state index in [-0.39, 0.29) is 23.1 Å². The zero-order valence-electron chi connectivity index (χ0n) is 10.7. The van der Waals surface area contributed by atoms with Gasteiger partial charge in [-0.15, -0.1) is 11.6 Å².